The second-order valence-electron chi connectivity index (χ2n) is 5.16. The summed E-state index contributed by atoms with van der Waals surface area (Å²) in [5.74, 6) is 0. The van der Waals surface area contributed by atoms with Crippen molar-refractivity contribution in [2.45, 2.75) is 25.8 Å². The molecule has 0 saturated heterocycles. The highest BCUT2D eigenvalue weighted by Crippen LogP contribution is 2.35. The molecule has 2 aromatic heterocycles. The Bertz CT molecular complexity index is 528. The van der Waals surface area contributed by atoms with Gasteiger partial charge in [0.15, 0.2) is 0 Å². The molecule has 3 rings (SSSR count). The van der Waals surface area contributed by atoms with Crippen LogP contribution in [-0.2, 0) is 12.0 Å². The second-order valence-corrected chi connectivity index (χ2v) is 5.16. The number of pyridine rings is 1. The Labute approximate surface area is 101 Å². The van der Waals surface area contributed by atoms with Gasteiger partial charge in [-0.3, -0.25) is 9.67 Å². The van der Waals surface area contributed by atoms with Crippen LogP contribution in [0.3, 0.4) is 0 Å². The molecule has 3 heterocycles. The van der Waals surface area contributed by atoms with E-state index < -0.39 is 0 Å². The maximum atomic E-state index is 4.52. The van der Waals surface area contributed by atoms with Crippen LogP contribution in [0, 0.1) is 0 Å². The van der Waals surface area contributed by atoms with Gasteiger partial charge in [0, 0.05) is 41.8 Å². The van der Waals surface area contributed by atoms with Crippen LogP contribution in [0.4, 0.5) is 5.69 Å². The Morgan fingerprint density at radius 1 is 1.47 bits per heavy atom. The predicted molar refractivity (Wildman–Crippen MR) is 67.1 cm³/mol. The lowest BCUT2D eigenvalue weighted by molar-refractivity contribution is 0.583. The van der Waals surface area contributed by atoms with Crippen molar-refractivity contribution >= 4 is 5.69 Å². The highest BCUT2D eigenvalue weighted by Gasteiger charge is 2.29. The van der Waals surface area contributed by atoms with Gasteiger partial charge in [0.1, 0.15) is 0 Å². The van der Waals surface area contributed by atoms with Crippen molar-refractivity contribution in [2.75, 3.05) is 11.9 Å². The van der Waals surface area contributed by atoms with E-state index in [1.165, 1.54) is 11.3 Å². The molecule has 0 aromatic carbocycles. The Morgan fingerprint density at radius 2 is 2.35 bits per heavy atom. The summed E-state index contributed by atoms with van der Waals surface area (Å²) in [7, 11) is 0. The summed E-state index contributed by atoms with van der Waals surface area (Å²) in [6.07, 6.45) is 5.73. The van der Waals surface area contributed by atoms with Gasteiger partial charge >= 0.3 is 0 Å². The number of nitrogens with zero attached hydrogens (tertiary/aromatic N) is 3. The van der Waals surface area contributed by atoms with Crippen molar-refractivity contribution in [3.05, 3.63) is 42.0 Å². The minimum atomic E-state index is 0.187. The van der Waals surface area contributed by atoms with Crippen LogP contribution in [0.25, 0.3) is 0 Å². The third-order valence-corrected chi connectivity index (χ3v) is 3.29. The molecular formula is C13H16N4. The Morgan fingerprint density at radius 3 is 3.12 bits per heavy atom. The first-order chi connectivity index (χ1) is 8.15. The number of anilines is 1. The molecule has 4 heteroatoms. The molecular weight excluding hydrogens is 212 g/mol. The average Bonchev–Trinajstić information content (AvgIpc) is 2.88. The Kier molecular flexibility index (Phi) is 2.18. The number of fused-ring (bicyclic) bond motifs is 1. The largest absolute Gasteiger partial charge is 0.384 e. The molecule has 0 bridgehead atoms. The Balaban J connectivity index is 1.90. The second kappa shape index (κ2) is 3.58. The maximum Gasteiger partial charge on any atom is 0.0832 e. The summed E-state index contributed by atoms with van der Waals surface area (Å²) in [4.78, 5) is 4.52. The van der Waals surface area contributed by atoms with Crippen LogP contribution in [0.1, 0.15) is 25.1 Å². The van der Waals surface area contributed by atoms with Gasteiger partial charge < -0.3 is 5.32 Å². The third kappa shape index (κ3) is 1.79. The van der Waals surface area contributed by atoms with Gasteiger partial charge in [-0.2, -0.15) is 5.10 Å². The minimum Gasteiger partial charge on any atom is -0.384 e. The van der Waals surface area contributed by atoms with Crippen molar-refractivity contribution < 1.29 is 0 Å². The average molecular weight is 228 g/mol. The number of hydrogen-bond acceptors (Lipinski definition) is 3. The lowest BCUT2D eigenvalue weighted by atomic mass is 9.88. The summed E-state index contributed by atoms with van der Waals surface area (Å²) >= 11 is 0. The third-order valence-electron chi connectivity index (χ3n) is 3.29. The smallest absolute Gasteiger partial charge is 0.0832 e. The van der Waals surface area contributed by atoms with Gasteiger partial charge in [-0.25, -0.2) is 0 Å². The van der Waals surface area contributed by atoms with Gasteiger partial charge in [-0.15, -0.1) is 0 Å². The van der Waals surface area contributed by atoms with Crippen LogP contribution in [0.2, 0.25) is 0 Å². The molecule has 0 fully saturated rings. The van der Waals surface area contributed by atoms with Gasteiger partial charge in [0.2, 0.25) is 0 Å². The number of rotatable bonds is 2. The topological polar surface area (TPSA) is 42.7 Å². The fraction of sp³-hybridized carbons (Fsp3) is 0.385. The molecule has 4 nitrogen and oxygen atoms in total. The predicted octanol–water partition coefficient (Wildman–Crippen LogP) is 2.03. The molecule has 0 saturated carbocycles. The summed E-state index contributed by atoms with van der Waals surface area (Å²) in [5.41, 5.74) is 3.75. The fourth-order valence-corrected chi connectivity index (χ4v) is 2.24. The SMILES string of the molecule is CC1(C)CNc2cc(Cn3cccn3)ncc21. The summed E-state index contributed by atoms with van der Waals surface area (Å²) in [6, 6.07) is 4.06. The van der Waals surface area contributed by atoms with E-state index in [9.17, 15) is 0 Å². The number of hydrogen-bond donors (Lipinski definition) is 1. The molecule has 0 radical (unpaired) electrons. The van der Waals surface area contributed by atoms with E-state index in [2.05, 4.69) is 35.3 Å². The monoisotopic (exact) mass is 228 g/mol. The first-order valence-corrected chi connectivity index (χ1v) is 5.86. The van der Waals surface area contributed by atoms with E-state index in [4.69, 9.17) is 0 Å². The molecule has 0 atom stereocenters. The van der Waals surface area contributed by atoms with Crippen molar-refractivity contribution in [2.24, 2.45) is 0 Å². The van der Waals surface area contributed by atoms with Crippen LogP contribution in [0.15, 0.2) is 30.7 Å². The first-order valence-electron chi connectivity index (χ1n) is 5.86. The highest BCUT2D eigenvalue weighted by molar-refractivity contribution is 5.59. The molecule has 1 N–H and O–H groups in total. The molecule has 1 aliphatic rings. The summed E-state index contributed by atoms with van der Waals surface area (Å²) in [5, 5.41) is 7.63. The standard InChI is InChI=1S/C13H16N4/c1-13(2)9-15-12-6-10(14-7-11(12)13)8-17-5-3-4-16-17/h3-7,15H,8-9H2,1-2H3. The zero-order chi connectivity index (χ0) is 11.9. The minimum absolute atomic E-state index is 0.187. The zero-order valence-corrected chi connectivity index (χ0v) is 10.1. The first kappa shape index (κ1) is 10.3. The normalized spacial score (nSPS) is 16.6. The van der Waals surface area contributed by atoms with Crippen LogP contribution in [0.5, 0.6) is 0 Å². The van der Waals surface area contributed by atoms with E-state index in [1.807, 2.05) is 23.1 Å². The molecule has 0 amide bonds. The maximum absolute atomic E-state index is 4.52. The lowest BCUT2D eigenvalue weighted by Crippen LogP contribution is -2.19. The summed E-state index contributed by atoms with van der Waals surface area (Å²) < 4.78 is 1.88. The lowest BCUT2D eigenvalue weighted by Gasteiger charge is -2.16. The summed E-state index contributed by atoms with van der Waals surface area (Å²) in [6.45, 7) is 6.18. The van der Waals surface area contributed by atoms with Crippen molar-refractivity contribution in [3.63, 3.8) is 0 Å². The van der Waals surface area contributed by atoms with Crippen molar-refractivity contribution in [1.29, 1.82) is 0 Å². The van der Waals surface area contributed by atoms with E-state index in [0.29, 0.717) is 0 Å². The van der Waals surface area contributed by atoms with Gasteiger partial charge in [-0.05, 0) is 12.1 Å². The Hall–Kier alpha value is -1.84. The molecule has 0 aliphatic carbocycles. The molecule has 0 unspecified atom stereocenters. The molecule has 2 aromatic rings. The van der Waals surface area contributed by atoms with E-state index in [1.54, 1.807) is 6.20 Å². The molecule has 0 spiro atoms. The van der Waals surface area contributed by atoms with Crippen molar-refractivity contribution in [1.82, 2.24) is 14.8 Å². The van der Waals surface area contributed by atoms with E-state index in [-0.39, 0.29) is 5.41 Å². The van der Waals surface area contributed by atoms with E-state index in [0.717, 1.165) is 18.8 Å². The van der Waals surface area contributed by atoms with Gasteiger partial charge in [-0.1, -0.05) is 13.8 Å². The van der Waals surface area contributed by atoms with Crippen LogP contribution >= 0.6 is 0 Å². The van der Waals surface area contributed by atoms with Gasteiger partial charge in [0.05, 0.1) is 12.2 Å². The fourth-order valence-electron chi connectivity index (χ4n) is 2.24. The highest BCUT2D eigenvalue weighted by atomic mass is 15.3. The van der Waals surface area contributed by atoms with Crippen LogP contribution in [-0.4, -0.2) is 21.3 Å². The van der Waals surface area contributed by atoms with Crippen LogP contribution < -0.4 is 5.32 Å². The van der Waals surface area contributed by atoms with E-state index >= 15 is 0 Å². The number of nitrogens with one attached hydrogen (secondary N) is 1. The van der Waals surface area contributed by atoms with Gasteiger partial charge in [0.25, 0.3) is 0 Å². The van der Waals surface area contributed by atoms with Crippen molar-refractivity contribution in [3.8, 4) is 0 Å². The zero-order valence-electron chi connectivity index (χ0n) is 10.1. The molecule has 17 heavy (non-hydrogen) atoms. The number of aromatic nitrogens is 3. The quantitative estimate of drug-likeness (QED) is 0.855. The molecule has 1 aliphatic heterocycles. The molecule has 88 valence electrons.